The van der Waals surface area contributed by atoms with Gasteiger partial charge in [-0.25, -0.2) is 5.43 Å². The molecule has 3 amide bonds. The fourth-order valence-corrected chi connectivity index (χ4v) is 1.81. The van der Waals surface area contributed by atoms with Crippen molar-refractivity contribution in [3.8, 4) is 0 Å². The van der Waals surface area contributed by atoms with E-state index in [1.807, 2.05) is 26.0 Å². The van der Waals surface area contributed by atoms with Crippen molar-refractivity contribution in [3.63, 3.8) is 0 Å². The number of benzene rings is 1. The molecular formula is C17H24N4O3. The van der Waals surface area contributed by atoms with E-state index < -0.39 is 11.8 Å². The molecule has 0 saturated carbocycles. The lowest BCUT2D eigenvalue weighted by Gasteiger charge is -2.06. The van der Waals surface area contributed by atoms with Crippen molar-refractivity contribution in [2.24, 2.45) is 5.10 Å². The minimum absolute atomic E-state index is 0.0698. The van der Waals surface area contributed by atoms with Gasteiger partial charge in [-0.15, -0.1) is 0 Å². The average molecular weight is 332 g/mol. The van der Waals surface area contributed by atoms with Crippen LogP contribution < -0.4 is 16.1 Å². The van der Waals surface area contributed by atoms with Crippen LogP contribution in [0.25, 0.3) is 0 Å². The van der Waals surface area contributed by atoms with Gasteiger partial charge in [0.05, 0.1) is 6.42 Å². The molecule has 0 bridgehead atoms. The third kappa shape index (κ3) is 7.04. The summed E-state index contributed by atoms with van der Waals surface area (Å²) in [6.45, 7) is 6.19. The van der Waals surface area contributed by atoms with E-state index in [-0.39, 0.29) is 12.3 Å². The van der Waals surface area contributed by atoms with Crippen LogP contribution in [0.4, 0.5) is 5.69 Å². The zero-order valence-corrected chi connectivity index (χ0v) is 14.3. The molecule has 1 aromatic rings. The summed E-state index contributed by atoms with van der Waals surface area (Å²) in [4.78, 5) is 35.0. The normalized spacial score (nSPS) is 10.9. The maximum Gasteiger partial charge on any atom is 0.329 e. The number of carbonyl (C=O) groups excluding carboxylic acids is 3. The number of rotatable bonds is 7. The van der Waals surface area contributed by atoms with E-state index in [1.54, 1.807) is 19.1 Å². The average Bonchev–Trinajstić information content (AvgIpc) is 2.58. The van der Waals surface area contributed by atoms with Crippen LogP contribution in [0, 0.1) is 0 Å². The molecule has 0 heterocycles. The van der Waals surface area contributed by atoms with E-state index in [4.69, 9.17) is 0 Å². The summed E-state index contributed by atoms with van der Waals surface area (Å²) in [7, 11) is 0. The quantitative estimate of drug-likeness (QED) is 0.402. The number of carbonyl (C=O) groups is 3. The Bertz CT molecular complexity index is 609. The van der Waals surface area contributed by atoms with Crippen LogP contribution >= 0.6 is 0 Å². The lowest BCUT2D eigenvalue weighted by atomic mass is 10.1. The van der Waals surface area contributed by atoms with Gasteiger partial charge >= 0.3 is 11.8 Å². The zero-order chi connectivity index (χ0) is 17.9. The monoisotopic (exact) mass is 332 g/mol. The molecule has 0 aromatic heterocycles. The molecule has 0 aliphatic heterocycles. The summed E-state index contributed by atoms with van der Waals surface area (Å²) >= 11 is 0. The highest BCUT2D eigenvalue weighted by atomic mass is 16.2. The number of hydrogen-bond donors (Lipinski definition) is 3. The molecule has 0 unspecified atom stereocenters. The molecule has 0 aliphatic carbocycles. The first-order chi connectivity index (χ1) is 11.5. The Balaban J connectivity index is 2.46. The zero-order valence-electron chi connectivity index (χ0n) is 14.3. The highest BCUT2D eigenvalue weighted by Gasteiger charge is 2.13. The van der Waals surface area contributed by atoms with Crippen molar-refractivity contribution in [2.75, 3.05) is 11.9 Å². The van der Waals surface area contributed by atoms with Gasteiger partial charge in [0.25, 0.3) is 0 Å². The molecule has 1 rings (SSSR count). The van der Waals surface area contributed by atoms with E-state index >= 15 is 0 Å². The number of hydrogen-bond acceptors (Lipinski definition) is 4. The van der Waals surface area contributed by atoms with Gasteiger partial charge in [0, 0.05) is 17.9 Å². The lowest BCUT2D eigenvalue weighted by molar-refractivity contribution is -0.136. The number of nitrogens with zero attached hydrogens (tertiary/aromatic N) is 1. The van der Waals surface area contributed by atoms with Crippen LogP contribution in [0.15, 0.2) is 29.4 Å². The minimum atomic E-state index is -0.886. The molecule has 0 saturated heterocycles. The van der Waals surface area contributed by atoms with Crippen LogP contribution in [0.2, 0.25) is 0 Å². The molecule has 3 N–H and O–H groups in total. The van der Waals surface area contributed by atoms with Gasteiger partial charge in [-0.05, 0) is 37.5 Å². The number of hydrazone groups is 1. The van der Waals surface area contributed by atoms with E-state index in [9.17, 15) is 14.4 Å². The van der Waals surface area contributed by atoms with Crippen molar-refractivity contribution in [3.05, 3.63) is 29.8 Å². The second kappa shape index (κ2) is 10.1. The highest BCUT2D eigenvalue weighted by molar-refractivity contribution is 6.39. The number of anilines is 1. The largest absolute Gasteiger partial charge is 0.356 e. The van der Waals surface area contributed by atoms with E-state index in [0.29, 0.717) is 17.9 Å². The molecule has 1 aromatic carbocycles. The summed E-state index contributed by atoms with van der Waals surface area (Å²) in [5.41, 5.74) is 4.23. The second-order valence-electron chi connectivity index (χ2n) is 5.32. The van der Waals surface area contributed by atoms with Crippen molar-refractivity contribution in [1.29, 1.82) is 0 Å². The third-order valence-electron chi connectivity index (χ3n) is 3.16. The van der Waals surface area contributed by atoms with Gasteiger partial charge in [0.15, 0.2) is 0 Å². The predicted molar refractivity (Wildman–Crippen MR) is 93.6 cm³/mol. The predicted octanol–water partition coefficient (Wildman–Crippen LogP) is 1.60. The van der Waals surface area contributed by atoms with Crippen molar-refractivity contribution in [1.82, 2.24) is 10.7 Å². The molecule has 24 heavy (non-hydrogen) atoms. The molecular weight excluding hydrogens is 308 g/mol. The highest BCUT2D eigenvalue weighted by Crippen LogP contribution is 2.09. The SMILES string of the molecule is CCCNC(=O)CC(C)=NNC(=O)C(=O)Nc1ccc(CC)cc1. The number of nitrogens with one attached hydrogen (secondary N) is 3. The molecule has 0 spiro atoms. The van der Waals surface area contributed by atoms with Gasteiger partial charge in [-0.2, -0.15) is 5.10 Å². The maximum atomic E-state index is 11.8. The Morgan fingerprint density at radius 1 is 1.04 bits per heavy atom. The van der Waals surface area contributed by atoms with Crippen LogP contribution in [-0.2, 0) is 20.8 Å². The first-order valence-electron chi connectivity index (χ1n) is 7.96. The minimum Gasteiger partial charge on any atom is -0.356 e. The third-order valence-corrected chi connectivity index (χ3v) is 3.16. The smallest absolute Gasteiger partial charge is 0.329 e. The fourth-order valence-electron chi connectivity index (χ4n) is 1.81. The Hall–Kier alpha value is -2.70. The van der Waals surface area contributed by atoms with Gasteiger partial charge < -0.3 is 10.6 Å². The first-order valence-corrected chi connectivity index (χ1v) is 7.96. The molecule has 7 heteroatoms. The van der Waals surface area contributed by atoms with Gasteiger partial charge in [0.2, 0.25) is 5.91 Å². The fraction of sp³-hybridized carbons (Fsp3) is 0.412. The second-order valence-corrected chi connectivity index (χ2v) is 5.32. The summed E-state index contributed by atoms with van der Waals surface area (Å²) in [6.07, 6.45) is 1.81. The van der Waals surface area contributed by atoms with Crippen LogP contribution in [0.1, 0.15) is 39.2 Å². The summed E-state index contributed by atoms with van der Waals surface area (Å²) in [5, 5.41) is 8.95. The van der Waals surface area contributed by atoms with Gasteiger partial charge in [0.1, 0.15) is 0 Å². The van der Waals surface area contributed by atoms with Crippen LogP contribution in [-0.4, -0.2) is 30.0 Å². The first kappa shape index (κ1) is 19.3. The summed E-state index contributed by atoms with van der Waals surface area (Å²) in [5.74, 6) is -1.87. The Morgan fingerprint density at radius 2 is 1.71 bits per heavy atom. The van der Waals surface area contributed by atoms with Crippen LogP contribution in [0.3, 0.4) is 0 Å². The number of aryl methyl sites for hydroxylation is 1. The van der Waals surface area contributed by atoms with Crippen molar-refractivity contribution < 1.29 is 14.4 Å². The lowest BCUT2D eigenvalue weighted by Crippen LogP contribution is -2.33. The molecule has 0 aliphatic rings. The molecule has 0 atom stereocenters. The number of amides is 3. The summed E-state index contributed by atoms with van der Waals surface area (Å²) < 4.78 is 0. The maximum absolute atomic E-state index is 11.8. The van der Waals surface area contributed by atoms with E-state index in [2.05, 4.69) is 21.2 Å². The van der Waals surface area contributed by atoms with Gasteiger partial charge in [-0.1, -0.05) is 26.0 Å². The standard InChI is InChI=1S/C17H24N4O3/c1-4-10-18-15(22)11-12(3)20-21-17(24)16(23)19-14-8-6-13(5-2)7-9-14/h6-9H,4-5,10-11H2,1-3H3,(H,18,22)(H,19,23)(H,21,24). The van der Waals surface area contributed by atoms with Gasteiger partial charge in [-0.3, -0.25) is 14.4 Å². The van der Waals surface area contributed by atoms with Crippen LogP contribution in [0.5, 0.6) is 0 Å². The topological polar surface area (TPSA) is 99.7 Å². The Kier molecular flexibility index (Phi) is 8.18. The molecule has 0 radical (unpaired) electrons. The molecule has 130 valence electrons. The Morgan fingerprint density at radius 3 is 2.29 bits per heavy atom. The Labute approximate surface area is 141 Å². The van der Waals surface area contributed by atoms with E-state index in [1.165, 1.54) is 0 Å². The van der Waals surface area contributed by atoms with Crippen molar-refractivity contribution in [2.45, 2.75) is 40.0 Å². The van der Waals surface area contributed by atoms with Crippen molar-refractivity contribution >= 4 is 29.1 Å². The molecule has 7 nitrogen and oxygen atoms in total. The summed E-state index contributed by atoms with van der Waals surface area (Å²) in [6, 6.07) is 7.22. The van der Waals surface area contributed by atoms with E-state index in [0.717, 1.165) is 18.4 Å². The molecule has 0 fully saturated rings.